The molecule has 0 spiro atoms. The van der Waals surface area contributed by atoms with E-state index < -0.39 is 0 Å². The third kappa shape index (κ3) is 3.56. The Morgan fingerprint density at radius 3 is 2.36 bits per heavy atom. The van der Waals surface area contributed by atoms with Gasteiger partial charge in [-0.1, -0.05) is 45.0 Å². The number of fused-ring (bicyclic) bond motifs is 1. The Labute approximate surface area is 164 Å². The molecule has 2 aromatic heterocycles. The molecule has 142 valence electrons. The molecular weight excluding hydrogens is 348 g/mol. The molecule has 2 aromatic carbocycles. The third-order valence-electron chi connectivity index (χ3n) is 4.87. The molecule has 0 amide bonds. The first-order chi connectivity index (χ1) is 13.4. The van der Waals surface area contributed by atoms with Gasteiger partial charge in [0.1, 0.15) is 5.75 Å². The maximum absolute atomic E-state index is 9.51. The van der Waals surface area contributed by atoms with Crippen molar-refractivity contribution < 1.29 is 5.11 Å². The molecule has 0 unspecified atom stereocenters. The molecule has 0 atom stereocenters. The lowest BCUT2D eigenvalue weighted by atomic mass is 9.87. The van der Waals surface area contributed by atoms with Crippen molar-refractivity contribution in [3.63, 3.8) is 0 Å². The highest BCUT2D eigenvalue weighted by Crippen LogP contribution is 2.26. The molecule has 0 saturated heterocycles. The highest BCUT2D eigenvalue weighted by atomic mass is 16.3. The quantitative estimate of drug-likeness (QED) is 0.528. The number of benzene rings is 2. The largest absolute Gasteiger partial charge is 0.508 e. The highest BCUT2D eigenvalue weighted by Gasteiger charge is 2.13. The molecule has 5 nitrogen and oxygen atoms in total. The number of rotatable bonds is 4. The number of hydrogen-bond acceptors (Lipinski definition) is 4. The van der Waals surface area contributed by atoms with Crippen LogP contribution in [0.4, 0.5) is 5.82 Å². The lowest BCUT2D eigenvalue weighted by molar-refractivity contribution is 0.475. The first-order valence-corrected chi connectivity index (χ1v) is 9.36. The lowest BCUT2D eigenvalue weighted by Crippen LogP contribution is -2.11. The molecular formula is C23H24N4O. The zero-order valence-electron chi connectivity index (χ0n) is 16.3. The van der Waals surface area contributed by atoms with Gasteiger partial charge in [-0.2, -0.15) is 0 Å². The van der Waals surface area contributed by atoms with E-state index in [-0.39, 0.29) is 11.2 Å². The molecule has 4 aromatic rings. The minimum atomic E-state index is 0.152. The van der Waals surface area contributed by atoms with Crippen molar-refractivity contribution in [2.24, 2.45) is 0 Å². The Kier molecular flexibility index (Phi) is 4.51. The van der Waals surface area contributed by atoms with Crippen LogP contribution in [0.3, 0.4) is 0 Å². The van der Waals surface area contributed by atoms with Crippen molar-refractivity contribution in [1.29, 1.82) is 0 Å². The molecule has 0 bridgehead atoms. The van der Waals surface area contributed by atoms with Crippen LogP contribution in [-0.2, 0) is 12.0 Å². The van der Waals surface area contributed by atoms with Crippen LogP contribution in [0.15, 0.2) is 67.1 Å². The van der Waals surface area contributed by atoms with Crippen molar-refractivity contribution in [2.75, 3.05) is 5.32 Å². The summed E-state index contributed by atoms with van der Waals surface area (Å²) in [5.74, 6) is 0.992. The average Bonchev–Trinajstić information content (AvgIpc) is 3.11. The van der Waals surface area contributed by atoms with Crippen LogP contribution in [0.2, 0.25) is 0 Å². The summed E-state index contributed by atoms with van der Waals surface area (Å²) in [6, 6.07) is 15.8. The second kappa shape index (κ2) is 7.00. The van der Waals surface area contributed by atoms with Crippen molar-refractivity contribution in [3.05, 3.63) is 78.2 Å². The second-order valence-corrected chi connectivity index (χ2v) is 7.96. The van der Waals surface area contributed by atoms with E-state index in [9.17, 15) is 5.11 Å². The van der Waals surface area contributed by atoms with E-state index in [4.69, 9.17) is 0 Å². The number of imidazole rings is 1. The number of nitrogens with zero attached hydrogens (tertiary/aromatic N) is 3. The van der Waals surface area contributed by atoms with E-state index in [1.165, 1.54) is 11.1 Å². The van der Waals surface area contributed by atoms with Gasteiger partial charge >= 0.3 is 0 Å². The predicted molar refractivity (Wildman–Crippen MR) is 113 cm³/mol. The number of phenols is 1. The van der Waals surface area contributed by atoms with Crippen molar-refractivity contribution in [3.8, 4) is 17.0 Å². The Hall–Kier alpha value is -3.34. The molecule has 2 N–H and O–H groups in total. The van der Waals surface area contributed by atoms with Gasteiger partial charge in [0, 0.05) is 24.5 Å². The van der Waals surface area contributed by atoms with Crippen LogP contribution < -0.4 is 5.32 Å². The van der Waals surface area contributed by atoms with Gasteiger partial charge in [0.25, 0.3) is 0 Å². The second-order valence-electron chi connectivity index (χ2n) is 7.96. The molecule has 5 heteroatoms. The molecule has 2 heterocycles. The van der Waals surface area contributed by atoms with Gasteiger partial charge in [-0.3, -0.25) is 4.40 Å². The molecule has 0 aliphatic rings. The summed E-state index contributed by atoms with van der Waals surface area (Å²) in [4.78, 5) is 9.02. The number of phenolic OH excluding ortho intramolecular Hbond substituents is 1. The summed E-state index contributed by atoms with van der Waals surface area (Å²) in [6.07, 6.45) is 5.49. The monoisotopic (exact) mass is 372 g/mol. The van der Waals surface area contributed by atoms with E-state index in [0.29, 0.717) is 6.54 Å². The van der Waals surface area contributed by atoms with Crippen molar-refractivity contribution >= 4 is 11.5 Å². The first kappa shape index (κ1) is 18.0. The Bertz CT molecular complexity index is 1090. The summed E-state index contributed by atoms with van der Waals surface area (Å²) in [5, 5.41) is 12.9. The third-order valence-corrected chi connectivity index (χ3v) is 4.87. The molecule has 0 radical (unpaired) electrons. The van der Waals surface area contributed by atoms with E-state index in [1.54, 1.807) is 18.3 Å². The number of anilines is 1. The normalized spacial score (nSPS) is 11.7. The maximum atomic E-state index is 9.51. The fraction of sp³-hybridized carbons (Fsp3) is 0.217. The highest BCUT2D eigenvalue weighted by molar-refractivity contribution is 5.70. The number of aromatic nitrogens is 3. The molecule has 4 rings (SSSR count). The molecule has 0 saturated carbocycles. The standard InChI is InChI=1S/C23H24N4O/c1-23(2,3)18-8-4-16(5-9-18)14-25-21-22-26-15-20(27(22)13-12-24-21)17-6-10-19(28)11-7-17/h4-13,15,28H,14H2,1-3H3,(H,24,25). The summed E-state index contributed by atoms with van der Waals surface area (Å²) in [5.41, 5.74) is 5.39. The van der Waals surface area contributed by atoms with Gasteiger partial charge in [0.15, 0.2) is 11.5 Å². The van der Waals surface area contributed by atoms with Gasteiger partial charge < -0.3 is 10.4 Å². The molecule has 28 heavy (non-hydrogen) atoms. The number of aromatic hydroxyl groups is 1. The SMILES string of the molecule is CC(C)(C)c1ccc(CNc2nccn3c(-c4ccc(O)cc4)cnc23)cc1. The maximum Gasteiger partial charge on any atom is 0.180 e. The van der Waals surface area contributed by atoms with Gasteiger partial charge in [-0.25, -0.2) is 9.97 Å². The summed E-state index contributed by atoms with van der Waals surface area (Å²) in [7, 11) is 0. The van der Waals surface area contributed by atoms with Crippen molar-refractivity contribution in [1.82, 2.24) is 14.4 Å². The van der Waals surface area contributed by atoms with Crippen LogP contribution in [0, 0.1) is 0 Å². The van der Waals surface area contributed by atoms with E-state index in [0.717, 1.165) is 22.7 Å². The van der Waals surface area contributed by atoms with Gasteiger partial charge in [0.05, 0.1) is 11.9 Å². The Morgan fingerprint density at radius 1 is 0.964 bits per heavy atom. The predicted octanol–water partition coefficient (Wildman–Crippen LogP) is 5.01. The van der Waals surface area contributed by atoms with E-state index >= 15 is 0 Å². The van der Waals surface area contributed by atoms with Crippen molar-refractivity contribution in [2.45, 2.75) is 32.7 Å². The van der Waals surface area contributed by atoms with Crippen LogP contribution >= 0.6 is 0 Å². The Morgan fingerprint density at radius 2 is 1.68 bits per heavy atom. The molecule has 0 aliphatic carbocycles. The Balaban J connectivity index is 1.57. The van der Waals surface area contributed by atoms with Gasteiger partial charge in [-0.05, 0) is 40.8 Å². The fourth-order valence-electron chi connectivity index (χ4n) is 3.20. The van der Waals surface area contributed by atoms with Gasteiger partial charge in [-0.15, -0.1) is 0 Å². The first-order valence-electron chi connectivity index (χ1n) is 9.36. The summed E-state index contributed by atoms with van der Waals surface area (Å²) in [6.45, 7) is 7.33. The number of nitrogens with one attached hydrogen (secondary N) is 1. The minimum Gasteiger partial charge on any atom is -0.508 e. The van der Waals surface area contributed by atoms with Crippen LogP contribution in [0.1, 0.15) is 31.9 Å². The zero-order chi connectivity index (χ0) is 19.7. The minimum absolute atomic E-state index is 0.152. The van der Waals surface area contributed by atoms with E-state index in [1.807, 2.05) is 28.9 Å². The van der Waals surface area contributed by atoms with Crippen LogP contribution in [0.5, 0.6) is 5.75 Å². The lowest BCUT2D eigenvalue weighted by Gasteiger charge is -2.19. The summed E-state index contributed by atoms with van der Waals surface area (Å²) < 4.78 is 2.00. The average molecular weight is 372 g/mol. The van der Waals surface area contributed by atoms with Gasteiger partial charge in [0.2, 0.25) is 0 Å². The number of hydrogen-bond donors (Lipinski definition) is 2. The molecule has 0 fully saturated rings. The fourth-order valence-corrected chi connectivity index (χ4v) is 3.20. The smallest absolute Gasteiger partial charge is 0.180 e. The molecule has 0 aliphatic heterocycles. The van der Waals surface area contributed by atoms with Crippen LogP contribution in [-0.4, -0.2) is 19.5 Å². The van der Waals surface area contributed by atoms with E-state index in [2.05, 4.69) is 60.3 Å². The zero-order valence-corrected chi connectivity index (χ0v) is 16.3. The summed E-state index contributed by atoms with van der Waals surface area (Å²) >= 11 is 0. The topological polar surface area (TPSA) is 62.5 Å². The van der Waals surface area contributed by atoms with Crippen LogP contribution in [0.25, 0.3) is 16.9 Å².